The Labute approximate surface area is 119 Å². The summed E-state index contributed by atoms with van der Waals surface area (Å²) >= 11 is 0. The number of anilines is 1. The van der Waals surface area contributed by atoms with Gasteiger partial charge >= 0.3 is 6.18 Å². The predicted octanol–water partition coefficient (Wildman–Crippen LogP) is 2.60. The Kier molecular flexibility index (Phi) is 3.30. The van der Waals surface area contributed by atoms with Gasteiger partial charge in [-0.15, -0.1) is 0 Å². The second kappa shape index (κ2) is 5.01. The molecule has 0 bridgehead atoms. The van der Waals surface area contributed by atoms with Crippen molar-refractivity contribution in [2.45, 2.75) is 31.9 Å². The second-order valence-corrected chi connectivity index (χ2v) is 4.90. The molecule has 0 unspecified atom stereocenters. The maximum absolute atomic E-state index is 12.9. The number of halogens is 3. The number of aryl methyl sites for hydroxylation is 1. The van der Waals surface area contributed by atoms with E-state index >= 15 is 0 Å². The molecule has 21 heavy (non-hydrogen) atoms. The van der Waals surface area contributed by atoms with Gasteiger partial charge in [0.15, 0.2) is 5.69 Å². The first-order valence-corrected chi connectivity index (χ1v) is 6.68. The van der Waals surface area contributed by atoms with Crippen LogP contribution in [0.3, 0.4) is 0 Å². The molecule has 1 aliphatic carbocycles. The molecule has 1 N–H and O–H groups in total. The third kappa shape index (κ3) is 2.57. The lowest BCUT2D eigenvalue weighted by Crippen LogP contribution is -2.14. The average Bonchev–Trinajstić information content (AvgIpc) is 2.89. The van der Waals surface area contributed by atoms with E-state index in [1.54, 1.807) is 4.57 Å². The molecule has 3 rings (SSSR count). The fourth-order valence-electron chi connectivity index (χ4n) is 2.48. The van der Waals surface area contributed by atoms with E-state index < -0.39 is 11.9 Å². The van der Waals surface area contributed by atoms with Crippen molar-refractivity contribution in [2.75, 3.05) is 12.4 Å². The van der Waals surface area contributed by atoms with Gasteiger partial charge < -0.3 is 5.32 Å². The van der Waals surface area contributed by atoms with Crippen LogP contribution < -0.4 is 5.32 Å². The number of aromatic nitrogens is 4. The average molecular weight is 297 g/mol. The maximum Gasteiger partial charge on any atom is 0.433 e. The number of nitrogens with zero attached hydrogens (tertiary/aromatic N) is 4. The highest BCUT2D eigenvalue weighted by Gasteiger charge is 2.34. The van der Waals surface area contributed by atoms with Crippen LogP contribution in [0.15, 0.2) is 12.4 Å². The topological polar surface area (TPSA) is 55.6 Å². The van der Waals surface area contributed by atoms with E-state index in [-0.39, 0.29) is 11.8 Å². The van der Waals surface area contributed by atoms with Crippen LogP contribution in [0.1, 0.15) is 29.9 Å². The molecule has 1 aliphatic rings. The Morgan fingerprint density at radius 1 is 1.19 bits per heavy atom. The minimum atomic E-state index is -4.51. The van der Waals surface area contributed by atoms with Gasteiger partial charge in [-0.3, -0.25) is 4.57 Å². The summed E-state index contributed by atoms with van der Waals surface area (Å²) in [4.78, 5) is 11.9. The van der Waals surface area contributed by atoms with Crippen LogP contribution in [0.25, 0.3) is 5.82 Å². The minimum absolute atomic E-state index is 0.0573. The molecule has 0 aromatic carbocycles. The number of nitrogens with one attached hydrogen (secondary N) is 1. The highest BCUT2D eigenvalue weighted by molar-refractivity contribution is 5.38. The van der Waals surface area contributed by atoms with Crippen molar-refractivity contribution in [2.24, 2.45) is 0 Å². The summed E-state index contributed by atoms with van der Waals surface area (Å²) in [6, 6.07) is 0.956. The SMILES string of the molecule is CNc1nc(-n2cnc3c2CCCC3)cc(C(F)(F)F)n1. The lowest BCUT2D eigenvalue weighted by Gasteiger charge is -2.15. The molecule has 0 saturated heterocycles. The Hall–Kier alpha value is -2.12. The van der Waals surface area contributed by atoms with Crippen LogP contribution in [0.2, 0.25) is 0 Å². The number of imidazole rings is 1. The molecule has 0 amide bonds. The highest BCUT2D eigenvalue weighted by Crippen LogP contribution is 2.30. The molecule has 0 aliphatic heterocycles. The van der Waals surface area contributed by atoms with Crippen molar-refractivity contribution in [3.05, 3.63) is 29.5 Å². The summed E-state index contributed by atoms with van der Waals surface area (Å²) < 4.78 is 40.4. The number of hydrogen-bond acceptors (Lipinski definition) is 4. The second-order valence-electron chi connectivity index (χ2n) is 4.90. The Bertz CT molecular complexity index is 662. The molecule has 2 aromatic rings. The lowest BCUT2D eigenvalue weighted by atomic mass is 10.0. The van der Waals surface area contributed by atoms with Gasteiger partial charge in [-0.1, -0.05) is 0 Å². The van der Waals surface area contributed by atoms with Crippen LogP contribution >= 0.6 is 0 Å². The van der Waals surface area contributed by atoms with Crippen molar-refractivity contribution in [3.63, 3.8) is 0 Å². The third-order valence-electron chi connectivity index (χ3n) is 3.50. The molecule has 0 saturated carbocycles. The van der Waals surface area contributed by atoms with Crippen molar-refractivity contribution in [1.82, 2.24) is 19.5 Å². The molecule has 8 heteroatoms. The molecule has 5 nitrogen and oxygen atoms in total. The number of hydrogen-bond donors (Lipinski definition) is 1. The molecular formula is C13H14F3N5. The summed E-state index contributed by atoms with van der Waals surface area (Å²) in [6.45, 7) is 0. The number of alkyl halides is 3. The number of rotatable bonds is 2. The van der Waals surface area contributed by atoms with E-state index in [2.05, 4.69) is 20.3 Å². The van der Waals surface area contributed by atoms with E-state index in [1.165, 1.54) is 13.4 Å². The van der Waals surface area contributed by atoms with Crippen molar-refractivity contribution >= 4 is 5.95 Å². The van der Waals surface area contributed by atoms with Crippen LogP contribution in [0.5, 0.6) is 0 Å². The van der Waals surface area contributed by atoms with Crippen LogP contribution in [-0.4, -0.2) is 26.6 Å². The molecule has 0 fully saturated rings. The first kappa shape index (κ1) is 13.8. The summed E-state index contributed by atoms with van der Waals surface area (Å²) in [5.74, 6) is 0.135. The molecule has 112 valence electrons. The zero-order chi connectivity index (χ0) is 15.0. The van der Waals surface area contributed by atoms with Gasteiger partial charge in [0, 0.05) is 18.8 Å². The maximum atomic E-state index is 12.9. The van der Waals surface area contributed by atoms with Gasteiger partial charge in [0.2, 0.25) is 5.95 Å². The van der Waals surface area contributed by atoms with Crippen molar-refractivity contribution < 1.29 is 13.2 Å². The first-order valence-electron chi connectivity index (χ1n) is 6.68. The fraction of sp³-hybridized carbons (Fsp3) is 0.462. The van der Waals surface area contributed by atoms with Gasteiger partial charge in [-0.2, -0.15) is 18.2 Å². The van der Waals surface area contributed by atoms with Gasteiger partial charge in [-0.25, -0.2) is 9.97 Å². The molecule has 2 aromatic heterocycles. The van der Waals surface area contributed by atoms with Gasteiger partial charge in [0.05, 0.1) is 5.69 Å². The molecule has 0 atom stereocenters. The van der Waals surface area contributed by atoms with Crippen LogP contribution in [-0.2, 0) is 19.0 Å². The fourth-order valence-corrected chi connectivity index (χ4v) is 2.48. The van der Waals surface area contributed by atoms with Gasteiger partial charge in [0.1, 0.15) is 12.1 Å². The normalized spacial score (nSPS) is 14.9. The third-order valence-corrected chi connectivity index (χ3v) is 3.50. The lowest BCUT2D eigenvalue weighted by molar-refractivity contribution is -0.141. The first-order chi connectivity index (χ1) is 9.99. The largest absolute Gasteiger partial charge is 0.433 e. The highest BCUT2D eigenvalue weighted by atomic mass is 19.4. The molecule has 0 spiro atoms. The van der Waals surface area contributed by atoms with E-state index in [0.29, 0.717) is 0 Å². The minimum Gasteiger partial charge on any atom is -0.357 e. The molecular weight excluding hydrogens is 283 g/mol. The monoisotopic (exact) mass is 297 g/mol. The Balaban J connectivity index is 2.12. The standard InChI is InChI=1S/C13H14F3N5/c1-17-12-19-10(13(14,15)16)6-11(20-12)21-7-18-8-4-2-3-5-9(8)21/h6-7H,2-5H2,1H3,(H,17,19,20). The summed E-state index contributed by atoms with van der Waals surface area (Å²) in [6.07, 6.45) is 0.758. The zero-order valence-corrected chi connectivity index (χ0v) is 11.4. The Morgan fingerprint density at radius 2 is 1.95 bits per heavy atom. The summed E-state index contributed by atoms with van der Waals surface area (Å²) in [5.41, 5.74) is 0.921. The van der Waals surface area contributed by atoms with Gasteiger partial charge in [-0.05, 0) is 25.7 Å². The van der Waals surface area contributed by atoms with E-state index in [0.717, 1.165) is 43.1 Å². The van der Waals surface area contributed by atoms with E-state index in [9.17, 15) is 13.2 Å². The van der Waals surface area contributed by atoms with Gasteiger partial charge in [0.25, 0.3) is 0 Å². The summed E-state index contributed by atoms with van der Waals surface area (Å²) in [7, 11) is 1.49. The zero-order valence-electron chi connectivity index (χ0n) is 11.4. The summed E-state index contributed by atoms with van der Waals surface area (Å²) in [5, 5.41) is 2.57. The van der Waals surface area contributed by atoms with Crippen molar-refractivity contribution in [3.8, 4) is 5.82 Å². The predicted molar refractivity (Wildman–Crippen MR) is 70.3 cm³/mol. The van der Waals surface area contributed by atoms with Crippen LogP contribution in [0, 0.1) is 0 Å². The molecule has 0 radical (unpaired) electrons. The van der Waals surface area contributed by atoms with Crippen LogP contribution in [0.4, 0.5) is 19.1 Å². The quantitative estimate of drug-likeness (QED) is 0.925. The van der Waals surface area contributed by atoms with Crippen molar-refractivity contribution in [1.29, 1.82) is 0 Å². The smallest absolute Gasteiger partial charge is 0.357 e. The van der Waals surface area contributed by atoms with E-state index in [1.807, 2.05) is 0 Å². The van der Waals surface area contributed by atoms with E-state index in [4.69, 9.17) is 0 Å². The Morgan fingerprint density at radius 3 is 2.67 bits per heavy atom. The number of fused-ring (bicyclic) bond motifs is 1. The molecule has 2 heterocycles.